The fourth-order valence-corrected chi connectivity index (χ4v) is 2.23. The van der Waals surface area contributed by atoms with Crippen LogP contribution >= 0.6 is 0 Å². The van der Waals surface area contributed by atoms with Crippen LogP contribution in [0.5, 0.6) is 0 Å². The molecule has 1 rings (SSSR count). The number of hydrogen-bond donors (Lipinski definition) is 0. The quantitative estimate of drug-likeness (QED) is 0.651. The molecule has 1 fully saturated rings. The monoisotopic (exact) mass is 275 g/mol. The van der Waals surface area contributed by atoms with Gasteiger partial charge in [-0.2, -0.15) is 0 Å². The van der Waals surface area contributed by atoms with Gasteiger partial charge >= 0.3 is 58.4 Å². The second kappa shape index (κ2) is 8.20. The van der Waals surface area contributed by atoms with Crippen LogP contribution in [0.1, 0.15) is 39.0 Å². The van der Waals surface area contributed by atoms with E-state index in [-0.39, 0.29) is 70.3 Å². The molecule has 1 amide bonds. The number of likely N-dealkylation sites (tertiary alicyclic amines) is 1. The van der Waals surface area contributed by atoms with E-state index >= 15 is 0 Å². The van der Waals surface area contributed by atoms with Gasteiger partial charge < -0.3 is 17.8 Å². The normalized spacial score (nSPS) is 22.0. The molecule has 7 heteroatoms. The molecule has 0 aromatic heterocycles. The Morgan fingerprint density at radius 3 is 2.53 bits per heavy atom. The summed E-state index contributed by atoms with van der Waals surface area (Å²) in [6, 6.07) is 0. The second-order valence-electron chi connectivity index (χ2n) is 4.53. The van der Waals surface area contributed by atoms with E-state index in [2.05, 4.69) is 6.92 Å². The van der Waals surface area contributed by atoms with E-state index in [4.69, 9.17) is 0 Å². The number of carbonyl (C=O) groups is 1. The van der Waals surface area contributed by atoms with Crippen LogP contribution in [0.15, 0.2) is 0 Å². The van der Waals surface area contributed by atoms with Crippen LogP contribution in [0.3, 0.4) is 0 Å². The van der Waals surface area contributed by atoms with Gasteiger partial charge in [-0.3, -0.25) is 4.79 Å². The van der Waals surface area contributed by atoms with Gasteiger partial charge in [-0.15, -0.1) is 0 Å². The molecule has 1 heterocycles. The molecular weight excluding hydrogens is 257 g/mol. The van der Waals surface area contributed by atoms with Crippen molar-refractivity contribution < 1.29 is 69.1 Å². The Morgan fingerprint density at radius 2 is 2.00 bits per heavy atom. The minimum Gasteiger partial charge on any atom is -0.448 e. The maximum absolute atomic E-state index is 12.3. The topological polar surface area (TPSA) is 20.3 Å². The molecule has 94 valence electrons. The molecular formula is C10H18BF3KNO. The van der Waals surface area contributed by atoms with Gasteiger partial charge in [0, 0.05) is 13.0 Å². The Labute approximate surface area is 143 Å². The van der Waals surface area contributed by atoms with Gasteiger partial charge in [0.2, 0.25) is 5.91 Å². The summed E-state index contributed by atoms with van der Waals surface area (Å²) < 4.78 is 36.8. The van der Waals surface area contributed by atoms with Gasteiger partial charge in [0.1, 0.15) is 0 Å². The second-order valence-corrected chi connectivity index (χ2v) is 4.53. The number of rotatable bonds is 4. The number of halogens is 3. The van der Waals surface area contributed by atoms with Gasteiger partial charge in [0.25, 0.3) is 0 Å². The Morgan fingerprint density at radius 1 is 1.35 bits per heavy atom. The molecule has 0 aromatic rings. The van der Waals surface area contributed by atoms with Crippen LogP contribution in [-0.2, 0) is 4.79 Å². The van der Waals surface area contributed by atoms with Crippen molar-refractivity contribution in [2.24, 2.45) is 5.92 Å². The van der Waals surface area contributed by atoms with E-state index in [1.807, 2.05) is 0 Å². The summed E-state index contributed by atoms with van der Waals surface area (Å²) >= 11 is 0. The fraction of sp³-hybridized carbons (Fsp3) is 0.900. The van der Waals surface area contributed by atoms with Crippen molar-refractivity contribution in [1.82, 2.24) is 4.90 Å². The third-order valence-corrected chi connectivity index (χ3v) is 3.05. The molecule has 0 radical (unpaired) electrons. The van der Waals surface area contributed by atoms with E-state index in [9.17, 15) is 17.7 Å². The Kier molecular flexibility index (Phi) is 8.66. The average molecular weight is 275 g/mol. The minimum absolute atomic E-state index is 0. The van der Waals surface area contributed by atoms with E-state index in [0.29, 0.717) is 12.3 Å². The predicted octanol–water partition coefficient (Wildman–Crippen LogP) is -0.194. The predicted molar refractivity (Wildman–Crippen MR) is 57.9 cm³/mol. The first-order chi connectivity index (χ1) is 7.42. The molecule has 0 aromatic carbocycles. The molecule has 0 aliphatic carbocycles. The molecule has 17 heavy (non-hydrogen) atoms. The molecule has 0 bridgehead atoms. The summed E-state index contributed by atoms with van der Waals surface area (Å²) in [5, 5.41) is 0. The van der Waals surface area contributed by atoms with Crippen molar-refractivity contribution in [1.29, 1.82) is 0 Å². The van der Waals surface area contributed by atoms with Crippen LogP contribution in [0.2, 0.25) is 0 Å². The molecule has 1 atom stereocenters. The third kappa shape index (κ3) is 7.20. The molecule has 2 nitrogen and oxygen atoms in total. The first-order valence-electron chi connectivity index (χ1n) is 5.91. The van der Waals surface area contributed by atoms with Crippen molar-refractivity contribution in [2.45, 2.75) is 39.0 Å². The largest absolute Gasteiger partial charge is 1.00 e. The first-order valence-corrected chi connectivity index (χ1v) is 5.91. The van der Waals surface area contributed by atoms with Crippen molar-refractivity contribution in [3.63, 3.8) is 0 Å². The third-order valence-electron chi connectivity index (χ3n) is 3.05. The summed E-state index contributed by atoms with van der Waals surface area (Å²) in [5.74, 6) is 0.0810. The molecule has 1 saturated heterocycles. The molecule has 0 spiro atoms. The molecule has 1 aliphatic heterocycles. The Balaban J connectivity index is 0.00000256. The zero-order valence-corrected chi connectivity index (χ0v) is 13.7. The van der Waals surface area contributed by atoms with Crippen LogP contribution in [0, 0.1) is 5.92 Å². The summed E-state index contributed by atoms with van der Waals surface area (Å²) in [6.07, 6.45) is 2.74. The zero-order valence-electron chi connectivity index (χ0n) is 10.6. The zero-order chi connectivity index (χ0) is 12.2. The van der Waals surface area contributed by atoms with Crippen molar-refractivity contribution >= 4 is 12.9 Å². The number of nitrogens with zero attached hydrogens (tertiary/aromatic N) is 1. The van der Waals surface area contributed by atoms with E-state index in [1.54, 1.807) is 0 Å². The SMILES string of the molecule is CCCC1CCC(=O)N(C[B-](F)(F)F)CC1.[K+]. The number of amides is 1. The van der Waals surface area contributed by atoms with Crippen molar-refractivity contribution in [3.05, 3.63) is 0 Å². The fourth-order valence-electron chi connectivity index (χ4n) is 2.23. The van der Waals surface area contributed by atoms with Crippen LogP contribution in [0.4, 0.5) is 12.9 Å². The van der Waals surface area contributed by atoms with Gasteiger partial charge in [-0.1, -0.05) is 19.8 Å². The van der Waals surface area contributed by atoms with E-state index < -0.39 is 13.4 Å². The average Bonchev–Trinajstić information content (AvgIpc) is 2.31. The standard InChI is InChI=1S/C10H18BF3NO.K/c1-2-3-9-4-5-10(16)15(7-6-9)8-11(12,13)14;/h9H,2-8H2,1H3;/q-1;+1. The van der Waals surface area contributed by atoms with Crippen molar-refractivity contribution in [3.8, 4) is 0 Å². The van der Waals surface area contributed by atoms with Gasteiger partial charge in [-0.25, -0.2) is 0 Å². The summed E-state index contributed by atoms with van der Waals surface area (Å²) in [5.41, 5.74) is 0. The molecule has 1 aliphatic rings. The molecule has 0 saturated carbocycles. The Hall–Kier alpha value is 0.961. The van der Waals surface area contributed by atoms with E-state index in [0.717, 1.165) is 24.2 Å². The maximum atomic E-state index is 12.3. The summed E-state index contributed by atoms with van der Waals surface area (Å²) in [7, 11) is 0. The van der Waals surface area contributed by atoms with Crippen molar-refractivity contribution in [2.75, 3.05) is 13.0 Å². The smallest absolute Gasteiger partial charge is 0.448 e. The molecule has 0 N–H and O–H groups in total. The minimum atomic E-state index is -4.89. The first kappa shape index (κ1) is 18.0. The van der Waals surface area contributed by atoms with Gasteiger partial charge in [0.05, 0.1) is 0 Å². The van der Waals surface area contributed by atoms with Crippen LogP contribution < -0.4 is 51.4 Å². The summed E-state index contributed by atoms with van der Waals surface area (Å²) in [6.45, 7) is -2.57. The van der Waals surface area contributed by atoms with E-state index in [1.165, 1.54) is 0 Å². The number of carbonyl (C=O) groups excluding carboxylic acids is 1. The Bertz CT molecular complexity index is 250. The van der Waals surface area contributed by atoms with Gasteiger partial charge in [-0.05, 0) is 25.2 Å². The van der Waals surface area contributed by atoms with Crippen LogP contribution in [0.25, 0.3) is 0 Å². The maximum Gasteiger partial charge on any atom is 1.00 e. The number of hydrogen-bond acceptors (Lipinski definition) is 1. The van der Waals surface area contributed by atoms with Gasteiger partial charge in [0.15, 0.2) is 0 Å². The summed E-state index contributed by atoms with van der Waals surface area (Å²) in [4.78, 5) is 12.5. The van der Waals surface area contributed by atoms with Crippen LogP contribution in [-0.4, -0.2) is 30.8 Å². The molecule has 1 unspecified atom stereocenters.